The molecule has 2 atom stereocenters. The number of hydrogen-bond acceptors (Lipinski definition) is 4. The molecule has 1 saturated carbocycles. The van der Waals surface area contributed by atoms with Gasteiger partial charge in [0.25, 0.3) is 0 Å². The minimum atomic E-state index is -0.757. The number of carboxylic acid groups (broad SMARTS) is 1. The van der Waals surface area contributed by atoms with Crippen LogP contribution >= 0.6 is 0 Å². The van der Waals surface area contributed by atoms with Crippen molar-refractivity contribution in [1.82, 2.24) is 0 Å². The zero-order chi connectivity index (χ0) is 19.6. The van der Waals surface area contributed by atoms with Gasteiger partial charge in [-0.1, -0.05) is 25.3 Å². The third kappa shape index (κ3) is 6.66. The SMILES string of the molecule is COc1ccc(C(=O)/C=C/C2CCC(=O)C2CCCCCCC(=O)O)cc1. The van der Waals surface area contributed by atoms with Gasteiger partial charge in [-0.25, -0.2) is 0 Å². The number of allylic oxidation sites excluding steroid dienone is 2. The number of aliphatic carboxylic acids is 1. The fraction of sp³-hybridized carbons (Fsp3) is 0.500. The summed E-state index contributed by atoms with van der Waals surface area (Å²) in [5, 5.41) is 8.64. The molecule has 146 valence electrons. The molecule has 2 rings (SSSR count). The maximum atomic E-state index is 12.3. The number of benzene rings is 1. The second-order valence-corrected chi connectivity index (χ2v) is 7.07. The van der Waals surface area contributed by atoms with E-state index in [2.05, 4.69) is 0 Å². The van der Waals surface area contributed by atoms with Crippen LogP contribution in [0.5, 0.6) is 5.75 Å². The van der Waals surface area contributed by atoms with Crippen molar-refractivity contribution in [3.8, 4) is 5.75 Å². The van der Waals surface area contributed by atoms with Crippen LogP contribution in [-0.4, -0.2) is 29.8 Å². The Morgan fingerprint density at radius 1 is 1.15 bits per heavy atom. The van der Waals surface area contributed by atoms with Gasteiger partial charge in [0, 0.05) is 24.3 Å². The number of rotatable bonds is 11. The van der Waals surface area contributed by atoms with Crippen LogP contribution in [0.25, 0.3) is 0 Å². The number of ketones is 2. The van der Waals surface area contributed by atoms with Gasteiger partial charge in [0.1, 0.15) is 11.5 Å². The third-order valence-corrected chi connectivity index (χ3v) is 5.18. The summed E-state index contributed by atoms with van der Waals surface area (Å²) >= 11 is 0. The van der Waals surface area contributed by atoms with Crippen LogP contribution in [0, 0.1) is 11.8 Å². The number of unbranched alkanes of at least 4 members (excludes halogenated alkanes) is 3. The predicted molar refractivity (Wildman–Crippen MR) is 103 cm³/mol. The topological polar surface area (TPSA) is 80.7 Å². The molecule has 5 heteroatoms. The van der Waals surface area contributed by atoms with Gasteiger partial charge in [0.15, 0.2) is 5.78 Å². The minimum Gasteiger partial charge on any atom is -0.497 e. The summed E-state index contributed by atoms with van der Waals surface area (Å²) in [4.78, 5) is 35.0. The Morgan fingerprint density at radius 3 is 2.52 bits per heavy atom. The van der Waals surface area contributed by atoms with Gasteiger partial charge in [-0.05, 0) is 55.5 Å². The Kier molecular flexibility index (Phi) is 8.24. The van der Waals surface area contributed by atoms with E-state index in [-0.39, 0.29) is 29.8 Å². The van der Waals surface area contributed by atoms with E-state index < -0.39 is 5.97 Å². The van der Waals surface area contributed by atoms with Gasteiger partial charge in [0.05, 0.1) is 7.11 Å². The Balaban J connectivity index is 1.82. The molecule has 0 amide bonds. The zero-order valence-corrected chi connectivity index (χ0v) is 15.9. The number of hydrogen-bond donors (Lipinski definition) is 1. The molecule has 1 aliphatic carbocycles. The summed E-state index contributed by atoms with van der Waals surface area (Å²) in [6.07, 6.45) is 9.32. The molecule has 5 nitrogen and oxygen atoms in total. The maximum Gasteiger partial charge on any atom is 0.303 e. The molecular weight excluding hydrogens is 344 g/mol. The normalized spacial score (nSPS) is 19.5. The van der Waals surface area contributed by atoms with Crippen LogP contribution in [0.3, 0.4) is 0 Å². The van der Waals surface area contributed by atoms with Crippen molar-refractivity contribution in [1.29, 1.82) is 0 Å². The first-order valence-corrected chi connectivity index (χ1v) is 9.62. The van der Waals surface area contributed by atoms with Crippen molar-refractivity contribution in [2.45, 2.75) is 51.4 Å². The van der Waals surface area contributed by atoms with E-state index in [1.807, 2.05) is 6.08 Å². The van der Waals surface area contributed by atoms with Gasteiger partial charge in [-0.3, -0.25) is 14.4 Å². The van der Waals surface area contributed by atoms with Gasteiger partial charge in [-0.15, -0.1) is 0 Å². The average molecular weight is 372 g/mol. The molecule has 27 heavy (non-hydrogen) atoms. The van der Waals surface area contributed by atoms with E-state index >= 15 is 0 Å². The van der Waals surface area contributed by atoms with E-state index in [0.717, 1.165) is 32.1 Å². The number of carboxylic acids is 1. The van der Waals surface area contributed by atoms with Crippen LogP contribution in [0.1, 0.15) is 61.7 Å². The monoisotopic (exact) mass is 372 g/mol. The quantitative estimate of drug-likeness (QED) is 0.352. The Bertz CT molecular complexity index is 674. The first kappa shape index (κ1) is 20.9. The highest BCUT2D eigenvalue weighted by atomic mass is 16.5. The number of Topliss-reactive ketones (excluding diaryl/α,β-unsaturated/α-hetero) is 1. The second kappa shape index (κ2) is 10.7. The number of carbonyl (C=O) groups excluding carboxylic acids is 2. The first-order valence-electron chi connectivity index (χ1n) is 9.62. The number of methoxy groups -OCH3 is 1. The van der Waals surface area contributed by atoms with Crippen LogP contribution in [0.15, 0.2) is 36.4 Å². The lowest BCUT2D eigenvalue weighted by molar-refractivity contribution is -0.137. The fourth-order valence-electron chi connectivity index (χ4n) is 3.60. The van der Waals surface area contributed by atoms with E-state index in [4.69, 9.17) is 9.84 Å². The molecule has 0 radical (unpaired) electrons. The lowest BCUT2D eigenvalue weighted by atomic mass is 9.89. The lowest BCUT2D eigenvalue weighted by Crippen LogP contribution is -2.13. The fourth-order valence-corrected chi connectivity index (χ4v) is 3.60. The van der Waals surface area contributed by atoms with Crippen LogP contribution in [0.4, 0.5) is 0 Å². The molecule has 1 fully saturated rings. The number of carbonyl (C=O) groups is 3. The molecule has 0 aliphatic heterocycles. The molecule has 0 aromatic heterocycles. The van der Waals surface area contributed by atoms with Gasteiger partial charge >= 0.3 is 5.97 Å². The lowest BCUT2D eigenvalue weighted by Gasteiger charge is -2.14. The molecule has 0 saturated heterocycles. The first-order chi connectivity index (χ1) is 13.0. The van der Waals surface area contributed by atoms with Crippen molar-refractivity contribution in [2.24, 2.45) is 11.8 Å². The average Bonchev–Trinajstić information content (AvgIpc) is 3.02. The van der Waals surface area contributed by atoms with Gasteiger partial charge in [-0.2, -0.15) is 0 Å². The maximum absolute atomic E-state index is 12.3. The standard InChI is InChI=1S/C22H28O5/c1-27-18-12-8-17(9-13-18)20(23)14-10-16-11-15-21(24)19(16)6-4-2-3-5-7-22(25)26/h8-10,12-14,16,19H,2-7,11,15H2,1H3,(H,25,26)/b14-10+. The molecule has 0 spiro atoms. The van der Waals surface area contributed by atoms with E-state index in [1.165, 1.54) is 0 Å². The van der Waals surface area contributed by atoms with Crippen molar-refractivity contribution in [3.05, 3.63) is 42.0 Å². The summed E-state index contributed by atoms with van der Waals surface area (Å²) in [5.41, 5.74) is 0.603. The summed E-state index contributed by atoms with van der Waals surface area (Å²) in [5.74, 6) is 0.285. The molecule has 1 aromatic rings. The third-order valence-electron chi connectivity index (χ3n) is 5.18. The second-order valence-electron chi connectivity index (χ2n) is 7.07. The van der Waals surface area contributed by atoms with Crippen LogP contribution in [-0.2, 0) is 9.59 Å². The number of ether oxygens (including phenoxy) is 1. The molecule has 0 heterocycles. The van der Waals surface area contributed by atoms with E-state index in [9.17, 15) is 14.4 Å². The van der Waals surface area contributed by atoms with Crippen molar-refractivity contribution < 1.29 is 24.2 Å². The van der Waals surface area contributed by atoms with Crippen molar-refractivity contribution >= 4 is 17.5 Å². The summed E-state index contributed by atoms with van der Waals surface area (Å²) < 4.78 is 5.09. The molecule has 1 N–H and O–H groups in total. The Labute approximate surface area is 160 Å². The minimum absolute atomic E-state index is 0.00982. The summed E-state index contributed by atoms with van der Waals surface area (Å²) in [7, 11) is 1.58. The highest BCUT2D eigenvalue weighted by molar-refractivity contribution is 6.04. The molecule has 0 bridgehead atoms. The highest BCUT2D eigenvalue weighted by Crippen LogP contribution is 2.34. The summed E-state index contributed by atoms with van der Waals surface area (Å²) in [6, 6.07) is 6.99. The zero-order valence-electron chi connectivity index (χ0n) is 15.9. The summed E-state index contributed by atoms with van der Waals surface area (Å²) in [6.45, 7) is 0. The molecule has 1 aromatic carbocycles. The smallest absolute Gasteiger partial charge is 0.303 e. The van der Waals surface area contributed by atoms with Crippen molar-refractivity contribution in [2.75, 3.05) is 7.11 Å². The van der Waals surface area contributed by atoms with Gasteiger partial charge in [0.2, 0.25) is 0 Å². The predicted octanol–water partition coefficient (Wildman–Crippen LogP) is 4.45. The van der Waals surface area contributed by atoms with E-state index in [1.54, 1.807) is 37.5 Å². The van der Waals surface area contributed by atoms with Gasteiger partial charge < -0.3 is 9.84 Å². The Morgan fingerprint density at radius 2 is 1.85 bits per heavy atom. The van der Waals surface area contributed by atoms with Crippen molar-refractivity contribution in [3.63, 3.8) is 0 Å². The molecule has 1 aliphatic rings. The largest absolute Gasteiger partial charge is 0.497 e. The molecule has 2 unspecified atom stereocenters. The molecular formula is C22H28O5. The van der Waals surface area contributed by atoms with Crippen LogP contribution < -0.4 is 4.74 Å². The Hall–Kier alpha value is -2.43. The van der Waals surface area contributed by atoms with E-state index in [0.29, 0.717) is 24.2 Å². The highest BCUT2D eigenvalue weighted by Gasteiger charge is 2.32. The van der Waals surface area contributed by atoms with Crippen LogP contribution in [0.2, 0.25) is 0 Å².